The number of para-hydroxylation sites is 1. The first-order chi connectivity index (χ1) is 11.6. The van der Waals surface area contributed by atoms with Gasteiger partial charge in [0, 0.05) is 10.9 Å². The molecule has 5 heteroatoms. The van der Waals surface area contributed by atoms with Gasteiger partial charge >= 0.3 is 5.97 Å². The predicted octanol–water partition coefficient (Wildman–Crippen LogP) is 3.20. The fraction of sp³-hybridized carbons (Fsp3) is 0.158. The lowest BCUT2D eigenvalue weighted by Gasteiger charge is -2.14. The van der Waals surface area contributed by atoms with Crippen molar-refractivity contribution in [3.8, 4) is 0 Å². The molecule has 0 spiro atoms. The molecule has 2 N–H and O–H groups in total. The highest BCUT2D eigenvalue weighted by atomic mass is 16.5. The van der Waals surface area contributed by atoms with Crippen LogP contribution in [0, 0.1) is 0 Å². The van der Waals surface area contributed by atoms with Crippen molar-refractivity contribution in [1.82, 2.24) is 10.3 Å². The second-order valence-electron chi connectivity index (χ2n) is 5.55. The Morgan fingerprint density at radius 2 is 1.79 bits per heavy atom. The topological polar surface area (TPSA) is 71.2 Å². The molecule has 1 heterocycles. The van der Waals surface area contributed by atoms with Gasteiger partial charge in [0.05, 0.1) is 6.04 Å². The number of nitrogens with one attached hydrogen (secondary N) is 2. The van der Waals surface area contributed by atoms with Crippen molar-refractivity contribution in [3.63, 3.8) is 0 Å². The first kappa shape index (κ1) is 15.8. The van der Waals surface area contributed by atoms with Crippen LogP contribution < -0.4 is 5.32 Å². The number of benzene rings is 2. The molecule has 24 heavy (non-hydrogen) atoms. The number of aromatic nitrogens is 1. The maximum Gasteiger partial charge on any atom is 0.355 e. The van der Waals surface area contributed by atoms with Crippen molar-refractivity contribution in [1.29, 1.82) is 0 Å². The minimum Gasteiger partial charge on any atom is -0.451 e. The van der Waals surface area contributed by atoms with Crippen molar-refractivity contribution in [3.05, 3.63) is 71.9 Å². The summed E-state index contributed by atoms with van der Waals surface area (Å²) in [5.41, 5.74) is 2.18. The molecule has 3 rings (SSSR count). The maximum atomic E-state index is 12.0. The highest BCUT2D eigenvalue weighted by molar-refractivity contribution is 5.95. The minimum atomic E-state index is -0.547. The molecular formula is C19H18N2O3. The van der Waals surface area contributed by atoms with Gasteiger partial charge in [0.15, 0.2) is 6.61 Å². The van der Waals surface area contributed by atoms with Crippen molar-refractivity contribution >= 4 is 22.8 Å². The molecule has 0 aliphatic carbocycles. The molecule has 2 aromatic carbocycles. The number of carbonyl (C=O) groups excluding carboxylic acids is 2. The SMILES string of the molecule is CC(NC(=O)COC(=O)c1cc2ccccc2[nH]1)c1ccccc1. The Balaban J connectivity index is 1.55. The van der Waals surface area contributed by atoms with E-state index in [1.54, 1.807) is 6.07 Å². The lowest BCUT2D eigenvalue weighted by Crippen LogP contribution is -2.31. The normalized spacial score (nSPS) is 11.9. The summed E-state index contributed by atoms with van der Waals surface area (Å²) in [5, 5.41) is 3.73. The van der Waals surface area contributed by atoms with Crippen LogP contribution in [0.3, 0.4) is 0 Å². The van der Waals surface area contributed by atoms with Crippen LogP contribution >= 0.6 is 0 Å². The van der Waals surface area contributed by atoms with E-state index in [0.29, 0.717) is 5.69 Å². The highest BCUT2D eigenvalue weighted by Crippen LogP contribution is 2.15. The summed E-state index contributed by atoms with van der Waals surface area (Å²) >= 11 is 0. The standard InChI is InChI=1S/C19H18N2O3/c1-13(14-7-3-2-4-8-14)20-18(22)12-24-19(23)17-11-15-9-5-6-10-16(15)21-17/h2-11,13,21H,12H2,1H3,(H,20,22). The maximum absolute atomic E-state index is 12.0. The summed E-state index contributed by atoms with van der Waals surface area (Å²) in [6, 6.07) is 18.7. The average molecular weight is 322 g/mol. The molecule has 1 amide bonds. The molecule has 0 saturated heterocycles. The Kier molecular flexibility index (Phi) is 4.61. The van der Waals surface area contributed by atoms with Gasteiger partial charge in [-0.05, 0) is 24.6 Å². The average Bonchev–Trinajstić information content (AvgIpc) is 3.04. The van der Waals surface area contributed by atoms with E-state index >= 15 is 0 Å². The van der Waals surface area contributed by atoms with E-state index in [9.17, 15) is 9.59 Å². The molecule has 0 radical (unpaired) electrons. The Hall–Kier alpha value is -3.08. The van der Waals surface area contributed by atoms with Crippen LogP contribution in [0.1, 0.15) is 29.0 Å². The van der Waals surface area contributed by atoms with E-state index < -0.39 is 5.97 Å². The van der Waals surface area contributed by atoms with Crippen molar-refractivity contribution in [2.24, 2.45) is 0 Å². The zero-order valence-electron chi connectivity index (χ0n) is 13.3. The molecule has 5 nitrogen and oxygen atoms in total. The lowest BCUT2D eigenvalue weighted by atomic mass is 10.1. The van der Waals surface area contributed by atoms with E-state index in [1.807, 2.05) is 61.5 Å². The van der Waals surface area contributed by atoms with E-state index in [4.69, 9.17) is 4.74 Å². The van der Waals surface area contributed by atoms with Crippen LogP contribution in [0.4, 0.5) is 0 Å². The first-order valence-corrected chi connectivity index (χ1v) is 7.72. The summed E-state index contributed by atoms with van der Waals surface area (Å²) < 4.78 is 5.07. The number of H-pyrrole nitrogens is 1. The molecule has 0 bridgehead atoms. The molecule has 0 fully saturated rings. The summed E-state index contributed by atoms with van der Waals surface area (Å²) in [7, 11) is 0. The summed E-state index contributed by atoms with van der Waals surface area (Å²) in [4.78, 5) is 27.0. The molecular weight excluding hydrogens is 304 g/mol. The molecule has 0 saturated carbocycles. The van der Waals surface area contributed by atoms with Crippen LogP contribution in [0.5, 0.6) is 0 Å². The summed E-state index contributed by atoms with van der Waals surface area (Å²) in [6.07, 6.45) is 0. The number of aromatic amines is 1. The lowest BCUT2D eigenvalue weighted by molar-refractivity contribution is -0.124. The third-order valence-corrected chi connectivity index (χ3v) is 3.76. The molecule has 1 aromatic heterocycles. The third-order valence-electron chi connectivity index (χ3n) is 3.76. The van der Waals surface area contributed by atoms with Gasteiger partial charge < -0.3 is 15.0 Å². The Labute approximate surface area is 139 Å². The van der Waals surface area contributed by atoms with Gasteiger partial charge in [-0.3, -0.25) is 4.79 Å². The van der Waals surface area contributed by atoms with Crippen LogP contribution in [0.15, 0.2) is 60.7 Å². The fourth-order valence-electron chi connectivity index (χ4n) is 2.50. The Bertz CT molecular complexity index is 822. The highest BCUT2D eigenvalue weighted by Gasteiger charge is 2.14. The van der Waals surface area contributed by atoms with Crippen molar-refractivity contribution < 1.29 is 14.3 Å². The zero-order chi connectivity index (χ0) is 16.9. The van der Waals surface area contributed by atoms with Crippen LogP contribution in [-0.4, -0.2) is 23.5 Å². The third kappa shape index (κ3) is 3.63. The molecule has 3 aromatic rings. The summed E-state index contributed by atoms with van der Waals surface area (Å²) in [5.74, 6) is -0.885. The molecule has 0 aliphatic rings. The van der Waals surface area contributed by atoms with Gasteiger partial charge in [-0.1, -0.05) is 48.5 Å². The van der Waals surface area contributed by atoms with Crippen LogP contribution in [0.25, 0.3) is 10.9 Å². The first-order valence-electron chi connectivity index (χ1n) is 7.72. The van der Waals surface area contributed by atoms with Gasteiger partial charge in [0.1, 0.15) is 5.69 Å². The van der Waals surface area contributed by atoms with Gasteiger partial charge in [0.25, 0.3) is 5.91 Å². The molecule has 1 unspecified atom stereocenters. The van der Waals surface area contributed by atoms with E-state index in [0.717, 1.165) is 16.5 Å². The van der Waals surface area contributed by atoms with Gasteiger partial charge in [-0.15, -0.1) is 0 Å². The molecule has 1 atom stereocenters. The Morgan fingerprint density at radius 1 is 1.08 bits per heavy atom. The summed E-state index contributed by atoms with van der Waals surface area (Å²) in [6.45, 7) is 1.57. The van der Waals surface area contributed by atoms with Crippen molar-refractivity contribution in [2.75, 3.05) is 6.61 Å². The number of amides is 1. The second kappa shape index (κ2) is 7.00. The number of hydrogen-bond acceptors (Lipinski definition) is 3. The quantitative estimate of drug-likeness (QED) is 0.709. The second-order valence-corrected chi connectivity index (χ2v) is 5.55. The molecule has 0 aliphatic heterocycles. The van der Waals surface area contributed by atoms with E-state index in [2.05, 4.69) is 10.3 Å². The van der Waals surface area contributed by atoms with Crippen molar-refractivity contribution in [2.45, 2.75) is 13.0 Å². The fourth-order valence-corrected chi connectivity index (χ4v) is 2.50. The number of rotatable bonds is 5. The van der Waals surface area contributed by atoms with E-state index in [-0.39, 0.29) is 18.6 Å². The zero-order valence-corrected chi connectivity index (χ0v) is 13.3. The smallest absolute Gasteiger partial charge is 0.355 e. The van der Waals surface area contributed by atoms with Gasteiger partial charge in [0.2, 0.25) is 0 Å². The Morgan fingerprint density at radius 3 is 2.54 bits per heavy atom. The van der Waals surface area contributed by atoms with Crippen LogP contribution in [0.2, 0.25) is 0 Å². The number of ether oxygens (including phenoxy) is 1. The number of esters is 1. The van der Waals surface area contributed by atoms with E-state index in [1.165, 1.54) is 0 Å². The van der Waals surface area contributed by atoms with Gasteiger partial charge in [-0.2, -0.15) is 0 Å². The number of fused-ring (bicyclic) bond motifs is 1. The number of carbonyl (C=O) groups is 2. The van der Waals surface area contributed by atoms with Crippen LogP contribution in [-0.2, 0) is 9.53 Å². The molecule has 122 valence electrons. The van der Waals surface area contributed by atoms with Gasteiger partial charge in [-0.25, -0.2) is 4.79 Å². The largest absolute Gasteiger partial charge is 0.451 e. The number of hydrogen-bond donors (Lipinski definition) is 2. The predicted molar refractivity (Wildman–Crippen MR) is 91.6 cm³/mol. The minimum absolute atomic E-state index is 0.148. The monoisotopic (exact) mass is 322 g/mol.